The summed E-state index contributed by atoms with van der Waals surface area (Å²) in [4.78, 5) is 33.4. The largest absolute Gasteiger partial charge is 0.481 e. The predicted octanol–water partition coefficient (Wildman–Crippen LogP) is 3.69. The molecule has 8 bridgehead atoms. The van der Waals surface area contributed by atoms with Crippen molar-refractivity contribution in [2.75, 3.05) is 0 Å². The van der Waals surface area contributed by atoms with Gasteiger partial charge in [0, 0.05) is 69.5 Å². The Bertz CT molecular complexity index is 1610. The van der Waals surface area contributed by atoms with Crippen molar-refractivity contribution < 1.29 is 19.8 Å². The maximum atomic E-state index is 11.5. The Balaban J connectivity index is 1.74. The van der Waals surface area contributed by atoms with Gasteiger partial charge in [0.25, 0.3) is 0 Å². The first-order valence-electron chi connectivity index (χ1n) is 13.0. The Labute approximate surface area is 220 Å². The molecule has 2 unspecified atom stereocenters. The number of aromatic nitrogens is 3. The third-order valence-electron chi connectivity index (χ3n) is 7.84. The Hall–Kier alpha value is -4.20. The lowest BCUT2D eigenvalue weighted by atomic mass is 9.88. The predicted molar refractivity (Wildman–Crippen MR) is 148 cm³/mol. The highest BCUT2D eigenvalue weighted by atomic mass is 16.4. The first kappa shape index (κ1) is 25.4. The molecule has 1 fully saturated rings. The van der Waals surface area contributed by atoms with Crippen LogP contribution in [0.25, 0.3) is 24.3 Å². The van der Waals surface area contributed by atoms with Crippen molar-refractivity contribution in [1.82, 2.24) is 20.3 Å². The van der Waals surface area contributed by atoms with Gasteiger partial charge in [0.05, 0.1) is 0 Å². The number of aryl methyl sites for hydroxylation is 2. The van der Waals surface area contributed by atoms with Crippen LogP contribution in [-0.2, 0) is 16.0 Å². The molecule has 0 spiro atoms. The van der Waals surface area contributed by atoms with Crippen molar-refractivity contribution in [3.05, 3.63) is 79.3 Å². The summed E-state index contributed by atoms with van der Waals surface area (Å²) in [6.07, 6.45) is 9.33. The van der Waals surface area contributed by atoms with Crippen molar-refractivity contribution in [3.63, 3.8) is 0 Å². The minimum atomic E-state index is -0.842. The van der Waals surface area contributed by atoms with Gasteiger partial charge < -0.3 is 30.5 Å². The molecule has 38 heavy (non-hydrogen) atoms. The van der Waals surface area contributed by atoms with Gasteiger partial charge in [-0.1, -0.05) is 6.92 Å². The van der Waals surface area contributed by atoms with Crippen LogP contribution in [0.3, 0.4) is 0 Å². The highest BCUT2D eigenvalue weighted by Gasteiger charge is 2.33. The number of fused-ring (bicyclic) bond motifs is 8. The number of carboxylic acid groups (broad SMARTS) is 2. The van der Waals surface area contributed by atoms with Gasteiger partial charge in [-0.2, -0.15) is 0 Å². The summed E-state index contributed by atoms with van der Waals surface area (Å²) in [5, 5.41) is 24.3. The summed E-state index contributed by atoms with van der Waals surface area (Å²) in [6.45, 7) is 8.29. The van der Waals surface area contributed by atoms with Crippen LogP contribution >= 0.6 is 0 Å². The van der Waals surface area contributed by atoms with Gasteiger partial charge in [0.15, 0.2) is 0 Å². The number of nitrogens with one attached hydrogen (secondary N) is 4. The maximum absolute atomic E-state index is 11.5. The van der Waals surface area contributed by atoms with Crippen LogP contribution in [0, 0.1) is 32.6 Å². The van der Waals surface area contributed by atoms with Crippen molar-refractivity contribution in [1.29, 1.82) is 0 Å². The molecule has 3 aromatic rings. The Morgan fingerprint density at radius 3 is 2.29 bits per heavy atom. The normalized spacial score (nSPS) is 18.2. The number of aliphatic carboxylic acids is 2. The van der Waals surface area contributed by atoms with E-state index in [1.54, 1.807) is 0 Å². The van der Waals surface area contributed by atoms with Crippen molar-refractivity contribution in [3.8, 4) is 0 Å². The van der Waals surface area contributed by atoms with E-state index in [-0.39, 0.29) is 24.7 Å². The fraction of sp³-hybridized carbons (Fsp3) is 0.333. The molecule has 0 aromatic carbocycles. The zero-order valence-electron chi connectivity index (χ0n) is 22.2. The molecule has 198 valence electrons. The molecule has 0 aliphatic carbocycles. The summed E-state index contributed by atoms with van der Waals surface area (Å²) in [5.41, 5.74) is 9.95. The summed E-state index contributed by atoms with van der Waals surface area (Å²) in [5.74, 6) is -1.58. The van der Waals surface area contributed by atoms with E-state index in [0.717, 1.165) is 67.1 Å². The highest BCUT2D eigenvalue weighted by Crippen LogP contribution is 2.38. The van der Waals surface area contributed by atoms with Crippen LogP contribution in [-0.4, -0.2) is 37.1 Å². The topological polar surface area (TPSA) is 134 Å². The third kappa shape index (κ3) is 4.98. The summed E-state index contributed by atoms with van der Waals surface area (Å²) < 4.78 is 0. The fourth-order valence-corrected chi connectivity index (χ4v) is 5.63. The molecule has 6 N–H and O–H groups in total. The summed E-state index contributed by atoms with van der Waals surface area (Å²) >= 11 is 0. The monoisotopic (exact) mass is 514 g/mol. The second-order valence-corrected chi connectivity index (χ2v) is 10.5. The van der Waals surface area contributed by atoms with Crippen LogP contribution in [0.2, 0.25) is 0 Å². The maximum Gasteiger partial charge on any atom is 0.303 e. The van der Waals surface area contributed by atoms with Crippen LogP contribution in [0.15, 0.2) is 23.5 Å². The SMILES string of the molecule is Cc1cc2[nH]c1C=C1NC(=Cc3[nH]c(c(C)c3CCC(=O)O)C=c3cc(C)c([nH]3)=C2)C(CCC(=O)O)C1C. The van der Waals surface area contributed by atoms with E-state index in [2.05, 4.69) is 71.4 Å². The van der Waals surface area contributed by atoms with Crippen LogP contribution in [0.5, 0.6) is 0 Å². The Morgan fingerprint density at radius 2 is 1.55 bits per heavy atom. The molecule has 2 aliphatic heterocycles. The molecule has 0 saturated carbocycles. The lowest BCUT2D eigenvalue weighted by Gasteiger charge is -2.14. The number of rotatable bonds is 6. The number of carboxylic acids is 2. The molecule has 1 saturated heterocycles. The van der Waals surface area contributed by atoms with Crippen molar-refractivity contribution in [2.45, 2.75) is 53.4 Å². The zero-order valence-corrected chi connectivity index (χ0v) is 22.2. The molecular weight excluding hydrogens is 480 g/mol. The van der Waals surface area contributed by atoms with E-state index in [1.165, 1.54) is 0 Å². The fourth-order valence-electron chi connectivity index (χ4n) is 5.63. The minimum Gasteiger partial charge on any atom is -0.481 e. The molecule has 5 heterocycles. The van der Waals surface area contributed by atoms with Gasteiger partial charge in [-0.05, 0) is 92.3 Å². The molecular formula is C30H34N4O4. The van der Waals surface area contributed by atoms with Crippen LogP contribution < -0.4 is 16.0 Å². The number of H-pyrrole nitrogens is 3. The molecule has 8 nitrogen and oxygen atoms in total. The average molecular weight is 515 g/mol. The number of carbonyl (C=O) groups is 2. The van der Waals surface area contributed by atoms with Gasteiger partial charge in [-0.3, -0.25) is 9.59 Å². The third-order valence-corrected chi connectivity index (χ3v) is 7.84. The number of hydrogen-bond donors (Lipinski definition) is 6. The van der Waals surface area contributed by atoms with Gasteiger partial charge >= 0.3 is 11.9 Å². The summed E-state index contributed by atoms with van der Waals surface area (Å²) in [6, 6.07) is 4.23. The van der Waals surface area contributed by atoms with E-state index >= 15 is 0 Å². The van der Waals surface area contributed by atoms with Gasteiger partial charge in [-0.25, -0.2) is 0 Å². The van der Waals surface area contributed by atoms with Crippen molar-refractivity contribution in [2.24, 2.45) is 11.8 Å². The van der Waals surface area contributed by atoms with E-state index in [0.29, 0.717) is 12.8 Å². The highest BCUT2D eigenvalue weighted by molar-refractivity contribution is 5.70. The number of allylic oxidation sites excluding steroid dienone is 2. The summed E-state index contributed by atoms with van der Waals surface area (Å²) in [7, 11) is 0. The molecule has 5 rings (SSSR count). The van der Waals surface area contributed by atoms with Crippen molar-refractivity contribution >= 4 is 36.2 Å². The van der Waals surface area contributed by atoms with E-state index in [1.807, 2.05) is 13.0 Å². The quantitative estimate of drug-likeness (QED) is 0.298. The number of aromatic amines is 3. The molecule has 8 heteroatoms. The smallest absolute Gasteiger partial charge is 0.303 e. The van der Waals surface area contributed by atoms with Gasteiger partial charge in [0.1, 0.15) is 0 Å². The first-order chi connectivity index (χ1) is 18.1. The second kappa shape index (κ2) is 9.93. The minimum absolute atomic E-state index is 0.00844. The average Bonchev–Trinajstić information content (AvgIpc) is 3.53. The molecule has 2 atom stereocenters. The molecule has 2 aliphatic rings. The van der Waals surface area contributed by atoms with E-state index in [4.69, 9.17) is 0 Å². The molecule has 0 radical (unpaired) electrons. The Morgan fingerprint density at radius 1 is 0.816 bits per heavy atom. The molecule has 3 aromatic heterocycles. The van der Waals surface area contributed by atoms with Crippen LogP contribution in [0.1, 0.15) is 71.2 Å². The lowest BCUT2D eigenvalue weighted by molar-refractivity contribution is -0.138. The van der Waals surface area contributed by atoms with E-state index < -0.39 is 11.9 Å². The Kier molecular flexibility index (Phi) is 6.65. The van der Waals surface area contributed by atoms with Gasteiger partial charge in [0.2, 0.25) is 0 Å². The second-order valence-electron chi connectivity index (χ2n) is 10.5. The zero-order chi connectivity index (χ0) is 27.1. The first-order valence-corrected chi connectivity index (χ1v) is 13.0. The van der Waals surface area contributed by atoms with Gasteiger partial charge in [-0.15, -0.1) is 0 Å². The van der Waals surface area contributed by atoms with Crippen LogP contribution in [0.4, 0.5) is 0 Å². The lowest BCUT2D eigenvalue weighted by Crippen LogP contribution is -2.11. The standard InChI is InChI=1S/C30H34N4O4/c1-15-9-20-12-25-17(3)21(5-7-29(35)36)27(33-25)14-28-22(6-8-30(37)38)18(4)26(34-28)13-24-16(2)10-19(32-24)11-23(15)31-20/h9-14,18,22,31-34H,5-8H2,1-4H3,(H,35,36)(H,37,38). The van der Waals surface area contributed by atoms with E-state index in [9.17, 15) is 19.8 Å². The number of hydrogen-bond acceptors (Lipinski definition) is 3. The molecule has 0 amide bonds.